The molecule has 42 heavy (non-hydrogen) atoms. The van der Waals surface area contributed by atoms with E-state index in [0.29, 0.717) is 12.0 Å². The summed E-state index contributed by atoms with van der Waals surface area (Å²) in [6, 6.07) is 0. The second-order valence-corrected chi connectivity index (χ2v) is 11.2. The Hall–Kier alpha value is -3.19. The van der Waals surface area contributed by atoms with Crippen molar-refractivity contribution in [2.24, 2.45) is 17.6 Å². The first kappa shape index (κ1) is 35.0. The molecular formula is C30H42N2O9S. The fraction of sp³-hybridized carbons (Fsp3) is 0.533. The number of hydrogen-bond acceptors (Lipinski definition) is 10. The summed E-state index contributed by atoms with van der Waals surface area (Å²) in [5.41, 5.74) is 6.20. The first-order valence-electron chi connectivity index (χ1n) is 13.5. The molecule has 0 aromatic carbocycles. The van der Waals surface area contributed by atoms with Gasteiger partial charge in [0.2, 0.25) is 11.6 Å². The monoisotopic (exact) mass is 606 g/mol. The quantitative estimate of drug-likeness (QED) is 0.313. The molecule has 0 saturated carbocycles. The van der Waals surface area contributed by atoms with E-state index in [1.165, 1.54) is 27.4 Å². The number of allylic oxidation sites excluding steroid dienone is 4. The van der Waals surface area contributed by atoms with E-state index in [1.807, 2.05) is 6.92 Å². The second kappa shape index (κ2) is 15.9. The molecule has 2 rings (SSSR count). The van der Waals surface area contributed by atoms with Crippen LogP contribution in [0.4, 0.5) is 4.79 Å². The highest BCUT2D eigenvalue weighted by molar-refractivity contribution is 8.03. The number of thioether (sulfide) groups is 1. The molecule has 4 N–H and O–H groups in total. The predicted molar refractivity (Wildman–Crippen MR) is 159 cm³/mol. The SMILES string of the molecule is COC1=C2C[C@@H](C)C[C@H](OC)[C@@H](O)[C@@H](C)/C=C(/C)[C@H](OC(N)=O)[C@@H](OC)/C=C/C=C(/C)C(=O)NC(=C(SC)C1=O)C2=O. The number of carbonyl (C=O) groups is 4. The van der Waals surface area contributed by atoms with Crippen molar-refractivity contribution >= 4 is 35.3 Å². The summed E-state index contributed by atoms with van der Waals surface area (Å²) in [6.45, 7) is 6.95. The third kappa shape index (κ3) is 8.43. The van der Waals surface area contributed by atoms with Crippen molar-refractivity contribution in [3.8, 4) is 0 Å². The zero-order valence-corrected chi connectivity index (χ0v) is 26.2. The number of rotatable bonds is 5. The highest BCUT2D eigenvalue weighted by Crippen LogP contribution is 2.34. The molecule has 2 aliphatic rings. The van der Waals surface area contributed by atoms with E-state index in [0.717, 1.165) is 11.8 Å². The number of ketones is 2. The van der Waals surface area contributed by atoms with E-state index >= 15 is 0 Å². The van der Waals surface area contributed by atoms with Crippen molar-refractivity contribution in [1.29, 1.82) is 0 Å². The fourth-order valence-corrected chi connectivity index (χ4v) is 5.64. The van der Waals surface area contributed by atoms with E-state index in [-0.39, 0.29) is 39.8 Å². The average Bonchev–Trinajstić information content (AvgIpc) is 2.94. The van der Waals surface area contributed by atoms with E-state index < -0.39 is 53.9 Å². The molecule has 2 bridgehead atoms. The molecule has 2 amide bonds. The zero-order valence-electron chi connectivity index (χ0n) is 25.4. The van der Waals surface area contributed by atoms with Crippen LogP contribution in [0.2, 0.25) is 0 Å². The molecule has 0 aromatic rings. The maximum absolute atomic E-state index is 13.7. The van der Waals surface area contributed by atoms with Crippen molar-refractivity contribution in [3.05, 3.63) is 57.4 Å². The molecule has 0 spiro atoms. The standard InChI is InChI=1S/C30H42N2O9S/c1-15-12-19-24(34)22(28(42-8)25(35)27(19)40-7)32-29(36)16(2)10-9-11-20(38-5)26(41-30(31)37)18(4)14-17(3)23(33)21(13-15)39-6/h9-11,14-15,17,20-21,23,26,33H,12-13H2,1-8H3,(H2,31,37)(H,32,36)/b11-9+,16-10-,18-14-/t15-,17+,20+,21+,23+,26+/m1/s1. The molecule has 6 atom stereocenters. The molecule has 0 unspecified atom stereocenters. The highest BCUT2D eigenvalue weighted by atomic mass is 32.2. The molecule has 1 aliphatic heterocycles. The lowest BCUT2D eigenvalue weighted by atomic mass is 9.85. The number of Topliss-reactive ketones (excluding diaryl/α,β-unsaturated/α-hetero) is 2. The van der Waals surface area contributed by atoms with Crippen LogP contribution in [0.3, 0.4) is 0 Å². The van der Waals surface area contributed by atoms with E-state index in [2.05, 4.69) is 5.32 Å². The number of ether oxygens (including phenoxy) is 4. The van der Waals surface area contributed by atoms with Crippen molar-refractivity contribution in [2.45, 2.75) is 65.0 Å². The van der Waals surface area contributed by atoms with Gasteiger partial charge in [0, 0.05) is 31.3 Å². The Morgan fingerprint density at radius 1 is 1.10 bits per heavy atom. The summed E-state index contributed by atoms with van der Waals surface area (Å²) in [7, 11) is 4.24. The Bertz CT molecular complexity index is 1220. The number of amides is 2. The highest BCUT2D eigenvalue weighted by Gasteiger charge is 2.38. The lowest BCUT2D eigenvalue weighted by Gasteiger charge is -2.30. The number of fused-ring (bicyclic) bond motifs is 2. The minimum absolute atomic E-state index is 0.0668. The van der Waals surface area contributed by atoms with Gasteiger partial charge in [-0.3, -0.25) is 14.4 Å². The second-order valence-electron chi connectivity index (χ2n) is 10.4. The number of aliphatic hydroxyl groups is 1. The summed E-state index contributed by atoms with van der Waals surface area (Å²) >= 11 is 1.04. The van der Waals surface area contributed by atoms with Gasteiger partial charge in [-0.1, -0.05) is 38.2 Å². The van der Waals surface area contributed by atoms with Gasteiger partial charge in [0.05, 0.1) is 24.2 Å². The molecule has 232 valence electrons. The van der Waals surface area contributed by atoms with Crippen LogP contribution >= 0.6 is 11.8 Å². The number of hydrogen-bond donors (Lipinski definition) is 3. The van der Waals surface area contributed by atoms with Gasteiger partial charge in [-0.15, -0.1) is 11.8 Å². The molecule has 0 aromatic heterocycles. The van der Waals surface area contributed by atoms with Gasteiger partial charge in [-0.2, -0.15) is 0 Å². The minimum Gasteiger partial charge on any atom is -0.492 e. The van der Waals surface area contributed by atoms with Crippen LogP contribution in [0.1, 0.15) is 40.5 Å². The summed E-state index contributed by atoms with van der Waals surface area (Å²) in [5, 5.41) is 13.8. The zero-order chi connectivity index (χ0) is 31.7. The molecule has 11 nitrogen and oxygen atoms in total. The Labute approximate surface area is 251 Å². The third-order valence-corrected chi connectivity index (χ3v) is 8.06. The van der Waals surface area contributed by atoms with Crippen LogP contribution < -0.4 is 11.1 Å². The Morgan fingerprint density at radius 3 is 2.31 bits per heavy atom. The first-order chi connectivity index (χ1) is 19.8. The molecule has 1 aliphatic carbocycles. The predicted octanol–water partition coefficient (Wildman–Crippen LogP) is 3.10. The first-order valence-corrected chi connectivity index (χ1v) is 14.7. The van der Waals surface area contributed by atoms with Gasteiger partial charge in [0.15, 0.2) is 11.9 Å². The topological polar surface area (TPSA) is 163 Å². The smallest absolute Gasteiger partial charge is 0.405 e. The van der Waals surface area contributed by atoms with E-state index in [4.69, 9.17) is 24.7 Å². The maximum Gasteiger partial charge on any atom is 0.405 e. The van der Waals surface area contributed by atoms with Gasteiger partial charge in [0.25, 0.3) is 5.91 Å². The molecular weight excluding hydrogens is 564 g/mol. The summed E-state index contributed by atoms with van der Waals surface area (Å²) in [5.74, 6) is -2.33. The molecule has 0 radical (unpaired) electrons. The Morgan fingerprint density at radius 2 is 1.76 bits per heavy atom. The minimum atomic E-state index is -1.00. The Kier molecular flexibility index (Phi) is 13.2. The lowest BCUT2D eigenvalue weighted by molar-refractivity contribution is -0.121. The fourth-order valence-electron chi connectivity index (χ4n) is 5.02. The number of nitrogens with two attached hydrogens (primary N) is 1. The normalized spacial score (nSPS) is 32.0. The summed E-state index contributed by atoms with van der Waals surface area (Å²) in [4.78, 5) is 51.9. The van der Waals surface area contributed by atoms with Crippen molar-refractivity contribution in [2.75, 3.05) is 27.6 Å². The van der Waals surface area contributed by atoms with Gasteiger partial charge >= 0.3 is 6.09 Å². The number of carbonyl (C=O) groups excluding carboxylic acids is 4. The van der Waals surface area contributed by atoms with Gasteiger partial charge in [-0.05, 0) is 44.4 Å². The average molecular weight is 607 g/mol. The van der Waals surface area contributed by atoms with Gasteiger partial charge in [0.1, 0.15) is 11.8 Å². The van der Waals surface area contributed by atoms with Crippen molar-refractivity contribution in [1.82, 2.24) is 5.32 Å². The van der Waals surface area contributed by atoms with Crippen molar-refractivity contribution < 1.29 is 43.2 Å². The lowest BCUT2D eigenvalue weighted by Crippen LogP contribution is -2.37. The van der Waals surface area contributed by atoms with Crippen LogP contribution in [-0.4, -0.2) is 80.7 Å². The number of nitrogens with one attached hydrogen (secondary N) is 1. The molecule has 12 heteroatoms. The Balaban J connectivity index is 2.68. The van der Waals surface area contributed by atoms with E-state index in [9.17, 15) is 24.3 Å². The molecule has 0 saturated heterocycles. The van der Waals surface area contributed by atoms with Crippen LogP contribution in [0.5, 0.6) is 0 Å². The molecule has 0 fully saturated rings. The summed E-state index contributed by atoms with van der Waals surface area (Å²) in [6.07, 6.45) is 4.20. The van der Waals surface area contributed by atoms with Gasteiger partial charge in [-0.25, -0.2) is 4.79 Å². The third-order valence-electron chi connectivity index (χ3n) is 7.26. The number of methoxy groups -OCH3 is 3. The molecule has 1 heterocycles. The van der Waals surface area contributed by atoms with Crippen LogP contribution in [0, 0.1) is 11.8 Å². The summed E-state index contributed by atoms with van der Waals surface area (Å²) < 4.78 is 21.9. The number of primary amides is 1. The van der Waals surface area contributed by atoms with Crippen molar-refractivity contribution in [3.63, 3.8) is 0 Å². The maximum atomic E-state index is 13.7. The van der Waals surface area contributed by atoms with Crippen LogP contribution in [-0.2, 0) is 33.3 Å². The van der Waals surface area contributed by atoms with Crippen LogP contribution in [0.15, 0.2) is 57.4 Å². The van der Waals surface area contributed by atoms with Gasteiger partial charge < -0.3 is 35.1 Å². The van der Waals surface area contributed by atoms with Crippen LogP contribution in [0.25, 0.3) is 0 Å². The van der Waals surface area contributed by atoms with E-state index in [1.54, 1.807) is 45.3 Å². The number of aliphatic hydroxyl groups excluding tert-OH is 1. The largest absolute Gasteiger partial charge is 0.492 e.